The largest absolute Gasteiger partial charge is 0.462 e. The van der Waals surface area contributed by atoms with Crippen molar-refractivity contribution in [1.82, 2.24) is 14.8 Å². The van der Waals surface area contributed by atoms with Crippen molar-refractivity contribution in [3.8, 4) is 16.4 Å². The molecule has 0 amide bonds. The summed E-state index contributed by atoms with van der Waals surface area (Å²) < 4.78 is 45.9. The first-order valence-electron chi connectivity index (χ1n) is 7.66. The Bertz CT molecular complexity index is 947. The number of halogens is 3. The van der Waals surface area contributed by atoms with Gasteiger partial charge in [0.25, 0.3) is 0 Å². The van der Waals surface area contributed by atoms with Crippen LogP contribution in [-0.4, -0.2) is 27.3 Å². The first-order chi connectivity index (χ1) is 12.3. The smallest absolute Gasteiger partial charge is 0.434 e. The number of hydrogen-bond acceptors (Lipinski definition) is 5. The molecule has 2 heterocycles. The Kier molecular flexibility index (Phi) is 4.82. The average molecular weight is 381 g/mol. The number of benzene rings is 1. The van der Waals surface area contributed by atoms with Gasteiger partial charge < -0.3 is 4.74 Å². The number of carbonyl (C=O) groups is 1. The van der Waals surface area contributed by atoms with E-state index in [2.05, 4.69) is 10.1 Å². The molecule has 0 aliphatic rings. The first-order valence-corrected chi connectivity index (χ1v) is 8.54. The molecule has 0 aliphatic heterocycles. The number of esters is 1. The SMILES string of the molecule is CCOC(=O)c1cnn(-c2nc(-c3cccc(C)c3)cs2)c1C(F)(F)F. The standard InChI is InChI=1S/C17H14F3N3O2S/c1-3-25-15(24)12-8-21-23(14(12)17(18,19)20)16-22-13(9-26-16)11-6-4-5-10(2)7-11/h4-9H,3H2,1-2H3. The monoisotopic (exact) mass is 381 g/mol. The van der Waals surface area contributed by atoms with Crippen LogP contribution in [0.3, 0.4) is 0 Å². The lowest BCUT2D eigenvalue weighted by atomic mass is 10.1. The molecule has 1 aromatic carbocycles. The van der Waals surface area contributed by atoms with Gasteiger partial charge in [0, 0.05) is 10.9 Å². The second-order valence-electron chi connectivity index (χ2n) is 5.42. The van der Waals surface area contributed by atoms with Crippen LogP contribution in [0.2, 0.25) is 0 Å². The zero-order chi connectivity index (χ0) is 18.9. The van der Waals surface area contributed by atoms with Gasteiger partial charge in [0.2, 0.25) is 5.13 Å². The van der Waals surface area contributed by atoms with Gasteiger partial charge in [0.05, 0.1) is 18.5 Å². The number of alkyl halides is 3. The molecule has 0 aliphatic carbocycles. The second kappa shape index (κ2) is 6.91. The third-order valence-corrected chi connectivity index (χ3v) is 4.34. The van der Waals surface area contributed by atoms with E-state index >= 15 is 0 Å². The van der Waals surface area contributed by atoms with E-state index in [1.165, 1.54) is 6.92 Å². The normalized spacial score (nSPS) is 11.6. The van der Waals surface area contributed by atoms with Crippen LogP contribution in [0.4, 0.5) is 13.2 Å². The third kappa shape index (κ3) is 3.48. The van der Waals surface area contributed by atoms with Crippen molar-refractivity contribution in [2.75, 3.05) is 6.61 Å². The van der Waals surface area contributed by atoms with Crippen LogP contribution in [0.15, 0.2) is 35.8 Å². The summed E-state index contributed by atoms with van der Waals surface area (Å²) >= 11 is 1.01. The Balaban J connectivity index is 2.06. The summed E-state index contributed by atoms with van der Waals surface area (Å²) in [4.78, 5) is 16.1. The fraction of sp³-hybridized carbons (Fsp3) is 0.235. The molecule has 0 N–H and O–H groups in total. The lowest BCUT2D eigenvalue weighted by Gasteiger charge is -2.10. The number of hydrogen-bond donors (Lipinski definition) is 0. The molecule has 3 aromatic rings. The zero-order valence-corrected chi connectivity index (χ0v) is 14.7. The van der Waals surface area contributed by atoms with Gasteiger partial charge in [-0.15, -0.1) is 11.3 Å². The van der Waals surface area contributed by atoms with E-state index in [0.29, 0.717) is 10.4 Å². The molecular formula is C17H14F3N3O2S. The van der Waals surface area contributed by atoms with Gasteiger partial charge in [-0.2, -0.15) is 18.3 Å². The average Bonchev–Trinajstić information content (AvgIpc) is 3.21. The molecule has 5 nitrogen and oxygen atoms in total. The zero-order valence-electron chi connectivity index (χ0n) is 13.9. The van der Waals surface area contributed by atoms with E-state index in [0.717, 1.165) is 28.7 Å². The Labute approximate surface area is 151 Å². The number of ether oxygens (including phenoxy) is 1. The van der Waals surface area contributed by atoms with Crippen molar-refractivity contribution in [2.24, 2.45) is 0 Å². The van der Waals surface area contributed by atoms with Crippen LogP contribution in [0.5, 0.6) is 0 Å². The van der Waals surface area contributed by atoms with Gasteiger partial charge in [-0.3, -0.25) is 0 Å². The summed E-state index contributed by atoms with van der Waals surface area (Å²) in [7, 11) is 0. The summed E-state index contributed by atoms with van der Waals surface area (Å²) in [5.41, 5.74) is 0.512. The maximum Gasteiger partial charge on any atom is 0.434 e. The lowest BCUT2D eigenvalue weighted by Crippen LogP contribution is -2.18. The van der Waals surface area contributed by atoms with Crippen LogP contribution in [-0.2, 0) is 10.9 Å². The molecule has 0 atom stereocenters. The van der Waals surface area contributed by atoms with Crippen LogP contribution < -0.4 is 0 Å². The minimum Gasteiger partial charge on any atom is -0.462 e. The second-order valence-corrected chi connectivity index (χ2v) is 6.26. The summed E-state index contributed by atoms with van der Waals surface area (Å²) in [6.45, 7) is 3.40. The predicted molar refractivity (Wildman–Crippen MR) is 90.4 cm³/mol. The Morgan fingerprint density at radius 1 is 1.35 bits per heavy atom. The minimum atomic E-state index is -4.78. The van der Waals surface area contributed by atoms with Crippen molar-refractivity contribution in [2.45, 2.75) is 20.0 Å². The number of aryl methyl sites for hydroxylation is 1. The Hall–Kier alpha value is -2.68. The maximum absolute atomic E-state index is 13.5. The summed E-state index contributed by atoms with van der Waals surface area (Å²) in [5, 5.41) is 5.39. The van der Waals surface area contributed by atoms with Crippen LogP contribution in [0.25, 0.3) is 16.4 Å². The van der Waals surface area contributed by atoms with Crippen molar-refractivity contribution in [1.29, 1.82) is 0 Å². The molecule has 26 heavy (non-hydrogen) atoms. The topological polar surface area (TPSA) is 57.0 Å². The predicted octanol–water partition coefficient (Wildman–Crippen LogP) is 4.50. The van der Waals surface area contributed by atoms with E-state index in [1.54, 1.807) is 5.38 Å². The molecular weight excluding hydrogens is 367 g/mol. The number of carbonyl (C=O) groups excluding carboxylic acids is 1. The lowest BCUT2D eigenvalue weighted by molar-refractivity contribution is -0.143. The third-order valence-electron chi connectivity index (χ3n) is 3.52. The molecule has 0 saturated carbocycles. The van der Waals surface area contributed by atoms with Gasteiger partial charge in [0.15, 0.2) is 5.69 Å². The van der Waals surface area contributed by atoms with Crippen molar-refractivity contribution >= 4 is 17.3 Å². The molecule has 0 unspecified atom stereocenters. The van der Waals surface area contributed by atoms with Gasteiger partial charge in [-0.25, -0.2) is 14.5 Å². The van der Waals surface area contributed by atoms with Crippen molar-refractivity contribution in [3.05, 3.63) is 52.7 Å². The van der Waals surface area contributed by atoms with E-state index in [-0.39, 0.29) is 11.7 Å². The molecule has 0 bridgehead atoms. The van der Waals surface area contributed by atoms with Gasteiger partial charge in [0.1, 0.15) is 5.56 Å². The van der Waals surface area contributed by atoms with E-state index in [9.17, 15) is 18.0 Å². The maximum atomic E-state index is 13.5. The highest BCUT2D eigenvalue weighted by Crippen LogP contribution is 2.35. The van der Waals surface area contributed by atoms with Gasteiger partial charge in [-0.05, 0) is 19.9 Å². The minimum absolute atomic E-state index is 0.0179. The molecule has 0 radical (unpaired) electrons. The number of thiazole rings is 1. The fourth-order valence-electron chi connectivity index (χ4n) is 2.42. The van der Waals surface area contributed by atoms with Crippen molar-refractivity contribution < 1.29 is 22.7 Å². The van der Waals surface area contributed by atoms with Crippen LogP contribution in [0, 0.1) is 6.92 Å². The molecule has 2 aromatic heterocycles. The quantitative estimate of drug-likeness (QED) is 0.625. The molecule has 0 saturated heterocycles. The highest BCUT2D eigenvalue weighted by molar-refractivity contribution is 7.12. The summed E-state index contributed by atoms with van der Waals surface area (Å²) in [5.74, 6) is -1.07. The van der Waals surface area contributed by atoms with E-state index in [4.69, 9.17) is 4.74 Å². The van der Waals surface area contributed by atoms with Crippen LogP contribution in [0.1, 0.15) is 28.5 Å². The first kappa shape index (κ1) is 18.1. The Morgan fingerprint density at radius 3 is 2.77 bits per heavy atom. The highest BCUT2D eigenvalue weighted by Gasteiger charge is 2.41. The van der Waals surface area contributed by atoms with Gasteiger partial charge >= 0.3 is 12.1 Å². The van der Waals surface area contributed by atoms with E-state index in [1.807, 2.05) is 31.2 Å². The molecule has 9 heteroatoms. The number of nitrogens with zero attached hydrogens (tertiary/aromatic N) is 3. The summed E-state index contributed by atoms with van der Waals surface area (Å²) in [6.07, 6.45) is -3.93. The van der Waals surface area contributed by atoms with Crippen LogP contribution >= 0.6 is 11.3 Å². The molecule has 136 valence electrons. The van der Waals surface area contributed by atoms with E-state index < -0.39 is 23.4 Å². The fourth-order valence-corrected chi connectivity index (χ4v) is 3.22. The summed E-state index contributed by atoms with van der Waals surface area (Å²) in [6, 6.07) is 7.47. The molecule has 0 fully saturated rings. The molecule has 0 spiro atoms. The van der Waals surface area contributed by atoms with Gasteiger partial charge in [-0.1, -0.05) is 23.8 Å². The van der Waals surface area contributed by atoms with Crippen molar-refractivity contribution in [3.63, 3.8) is 0 Å². The molecule has 3 rings (SSSR count). The number of aromatic nitrogens is 3. The number of rotatable bonds is 4. The highest BCUT2D eigenvalue weighted by atomic mass is 32.1. The Morgan fingerprint density at radius 2 is 2.12 bits per heavy atom.